The van der Waals surface area contributed by atoms with Crippen molar-refractivity contribution in [3.8, 4) is 0 Å². The monoisotopic (exact) mass is 635 g/mol. The number of nitrogens with zero attached hydrogens (tertiary/aromatic N) is 9. The Bertz CT molecular complexity index is 2320. The van der Waals surface area contributed by atoms with Gasteiger partial charge < -0.3 is 14.2 Å². The Kier molecular flexibility index (Phi) is 6.85. The highest BCUT2D eigenvalue weighted by Gasteiger charge is 2.34. The van der Waals surface area contributed by atoms with Crippen LogP contribution < -0.4 is 10.6 Å². The molecule has 1 aliphatic rings. The number of aromatic nitrogens is 7. The van der Waals surface area contributed by atoms with E-state index < -0.39 is 39.1 Å². The van der Waals surface area contributed by atoms with E-state index in [4.69, 9.17) is 4.42 Å². The topological polar surface area (TPSA) is 145 Å². The molecule has 2 bridgehead atoms. The summed E-state index contributed by atoms with van der Waals surface area (Å²) < 4.78 is 66.2. The third-order valence-electron chi connectivity index (χ3n) is 7.96. The van der Waals surface area contributed by atoms with Crippen LogP contribution in [0.3, 0.4) is 0 Å². The van der Waals surface area contributed by atoms with Gasteiger partial charge >= 0.3 is 5.69 Å². The molecule has 7 rings (SSSR count). The molecule has 1 aromatic carbocycles. The van der Waals surface area contributed by atoms with Crippen LogP contribution in [0.4, 0.5) is 14.6 Å². The maximum absolute atomic E-state index is 16.1. The quantitative estimate of drug-likeness (QED) is 0.276. The molecule has 6 heterocycles. The number of anilines is 1. The van der Waals surface area contributed by atoms with Crippen LogP contribution in [0.15, 0.2) is 58.4 Å². The Morgan fingerprint density at radius 2 is 1.91 bits per heavy atom. The van der Waals surface area contributed by atoms with Gasteiger partial charge in [-0.2, -0.15) is 4.98 Å². The lowest BCUT2D eigenvalue weighted by Crippen LogP contribution is -2.55. The molecule has 0 amide bonds. The molecule has 1 atom stereocenters. The molecule has 0 saturated carbocycles. The van der Waals surface area contributed by atoms with Gasteiger partial charge in [0, 0.05) is 31.9 Å². The number of rotatable bonds is 5. The Balaban J connectivity index is 1.59. The van der Waals surface area contributed by atoms with E-state index in [0.29, 0.717) is 18.8 Å². The number of pyridine rings is 2. The van der Waals surface area contributed by atoms with Crippen LogP contribution >= 0.6 is 0 Å². The first-order chi connectivity index (χ1) is 21.5. The molecule has 13 nitrogen and oxygen atoms in total. The van der Waals surface area contributed by atoms with Gasteiger partial charge in [-0.3, -0.25) is 4.98 Å². The second-order valence-electron chi connectivity index (χ2n) is 11.3. The van der Waals surface area contributed by atoms with Crippen LogP contribution in [-0.4, -0.2) is 85.3 Å². The van der Waals surface area contributed by atoms with Gasteiger partial charge in [-0.1, -0.05) is 19.9 Å². The maximum atomic E-state index is 16.1. The van der Waals surface area contributed by atoms with E-state index in [1.165, 1.54) is 34.9 Å². The van der Waals surface area contributed by atoms with Gasteiger partial charge in [-0.05, 0) is 31.2 Å². The molecule has 16 heteroatoms. The molecule has 5 aromatic heterocycles. The van der Waals surface area contributed by atoms with Crippen molar-refractivity contribution < 1.29 is 21.6 Å². The van der Waals surface area contributed by atoms with E-state index in [1.807, 2.05) is 25.8 Å². The third-order valence-corrected chi connectivity index (χ3v) is 9.53. The van der Waals surface area contributed by atoms with Crippen LogP contribution in [0.1, 0.15) is 25.5 Å². The van der Waals surface area contributed by atoms with Crippen molar-refractivity contribution in [2.45, 2.75) is 25.8 Å². The summed E-state index contributed by atoms with van der Waals surface area (Å²) in [7, 11) is -2.11. The van der Waals surface area contributed by atoms with Gasteiger partial charge in [0.15, 0.2) is 17.0 Å². The zero-order valence-electron chi connectivity index (χ0n) is 24.4. The van der Waals surface area contributed by atoms with Crippen molar-refractivity contribution in [2.24, 2.45) is 0 Å². The molecule has 0 N–H and O–H groups in total. The molecule has 0 aliphatic carbocycles. The number of halogens is 2. The summed E-state index contributed by atoms with van der Waals surface area (Å²) in [5, 5.41) is 3.71. The fourth-order valence-corrected chi connectivity index (χ4v) is 7.22. The fraction of sp³-hybridized carbons (Fsp3) is 0.310. The Morgan fingerprint density at radius 1 is 1.09 bits per heavy atom. The number of piperazine rings is 1. The van der Waals surface area contributed by atoms with E-state index in [1.54, 1.807) is 4.90 Å². The van der Waals surface area contributed by atoms with Crippen LogP contribution in [0.5, 0.6) is 0 Å². The summed E-state index contributed by atoms with van der Waals surface area (Å²) in [6.07, 6.45) is 3.74. The molecule has 1 aliphatic heterocycles. The largest absolute Gasteiger partial charge is 0.454 e. The summed E-state index contributed by atoms with van der Waals surface area (Å²) in [6, 6.07) is 6.10. The summed E-state index contributed by atoms with van der Waals surface area (Å²) in [5.41, 5.74) is -0.216. The van der Waals surface area contributed by atoms with Crippen molar-refractivity contribution in [1.29, 1.82) is 0 Å². The number of fused-ring (bicyclic) bond motifs is 5. The van der Waals surface area contributed by atoms with E-state index in [9.17, 15) is 13.2 Å². The van der Waals surface area contributed by atoms with E-state index in [2.05, 4.69) is 25.0 Å². The van der Waals surface area contributed by atoms with Gasteiger partial charge in [-0.15, -0.1) is 9.19 Å². The highest BCUT2D eigenvalue weighted by atomic mass is 32.2. The lowest BCUT2D eigenvalue weighted by atomic mass is 10.1. The molecule has 232 valence electrons. The first-order valence-corrected chi connectivity index (χ1v) is 15.8. The van der Waals surface area contributed by atoms with E-state index in [0.717, 1.165) is 22.8 Å². The number of benzene rings is 1. The van der Waals surface area contributed by atoms with Crippen LogP contribution in [0.2, 0.25) is 0 Å². The lowest BCUT2D eigenvalue weighted by Gasteiger charge is -2.40. The summed E-state index contributed by atoms with van der Waals surface area (Å²) in [6.45, 7) is 4.86. The van der Waals surface area contributed by atoms with Crippen LogP contribution in [0, 0.1) is 11.6 Å². The first-order valence-electron chi connectivity index (χ1n) is 14.2. The standard InChI is InChI=1S/C29H27F2N9O4S/c1-16(2)24-26-22(7-8-33-24)44-21-6-4-5-19(30)23(21)25-20(31)11-18-27(36-29(41)40(26)28(18)35-25)38-10-9-37(3)12-17(38)13-45(42,43)39-15-32-14-34-39/h4-8,11,14-17H,9-10,12-13H2,1-3H3. The molecular formula is C29H27F2N9O4S. The van der Waals surface area contributed by atoms with E-state index >= 15 is 8.78 Å². The number of likely N-dealkylation sites (N-methyl/N-ethyl adjacent to an activating group) is 1. The van der Waals surface area contributed by atoms with Gasteiger partial charge in [0.2, 0.25) is 0 Å². The highest BCUT2D eigenvalue weighted by molar-refractivity contribution is 7.89. The van der Waals surface area contributed by atoms with Crippen molar-refractivity contribution >= 4 is 54.5 Å². The SMILES string of the molecule is CC(C)c1nccc2oc3cccc(F)c3c3nc4c(cc3F)c(N3CCN(C)CC3CS(=O)(=O)n3cncn3)nc(=O)n4c12. The van der Waals surface area contributed by atoms with Gasteiger partial charge in [0.1, 0.15) is 40.9 Å². The number of hydrogen-bond donors (Lipinski definition) is 0. The molecule has 6 aromatic rings. The Morgan fingerprint density at radius 3 is 2.67 bits per heavy atom. The summed E-state index contributed by atoms with van der Waals surface area (Å²) >= 11 is 0. The van der Waals surface area contributed by atoms with Crippen molar-refractivity contribution in [3.63, 3.8) is 0 Å². The maximum Gasteiger partial charge on any atom is 0.356 e. The van der Waals surface area contributed by atoms with Gasteiger partial charge in [0.05, 0.1) is 28.3 Å². The molecular weight excluding hydrogens is 608 g/mol. The zero-order chi connectivity index (χ0) is 31.6. The van der Waals surface area contributed by atoms with Crippen LogP contribution in [0.25, 0.3) is 38.6 Å². The number of hydrogen-bond acceptors (Lipinski definition) is 11. The molecule has 1 saturated heterocycles. The second kappa shape index (κ2) is 10.7. The van der Waals surface area contributed by atoms with Crippen molar-refractivity contribution in [2.75, 3.05) is 37.3 Å². The predicted octanol–water partition coefficient (Wildman–Crippen LogP) is 3.09. The average molecular weight is 636 g/mol. The minimum atomic E-state index is -3.96. The molecule has 0 spiro atoms. The molecule has 45 heavy (non-hydrogen) atoms. The van der Waals surface area contributed by atoms with Gasteiger partial charge in [0.25, 0.3) is 10.0 Å². The summed E-state index contributed by atoms with van der Waals surface area (Å²) in [4.78, 5) is 35.0. The minimum absolute atomic E-state index is 0.00550. The minimum Gasteiger partial charge on any atom is -0.454 e. The van der Waals surface area contributed by atoms with Gasteiger partial charge in [-0.25, -0.2) is 36.4 Å². The third kappa shape index (κ3) is 4.80. The smallest absolute Gasteiger partial charge is 0.356 e. The zero-order valence-corrected chi connectivity index (χ0v) is 25.2. The normalized spacial score (nSPS) is 16.5. The average Bonchev–Trinajstić information content (AvgIpc) is 3.55. The fourth-order valence-electron chi connectivity index (χ4n) is 5.91. The Hall–Kier alpha value is -4.83. The van der Waals surface area contributed by atoms with Crippen molar-refractivity contribution in [3.05, 3.63) is 77.0 Å². The Labute approximate surface area is 254 Å². The molecule has 0 radical (unpaired) electrons. The highest BCUT2D eigenvalue weighted by Crippen LogP contribution is 2.33. The summed E-state index contributed by atoms with van der Waals surface area (Å²) in [5.74, 6) is -2.17. The second-order valence-corrected chi connectivity index (χ2v) is 13.2. The predicted molar refractivity (Wildman–Crippen MR) is 162 cm³/mol. The molecule has 1 unspecified atom stereocenters. The molecule has 1 fully saturated rings. The van der Waals surface area contributed by atoms with Crippen molar-refractivity contribution in [1.82, 2.24) is 38.4 Å². The van der Waals surface area contributed by atoms with E-state index in [-0.39, 0.29) is 56.9 Å². The first kappa shape index (κ1) is 28.9. The van der Waals surface area contributed by atoms with Crippen LogP contribution in [-0.2, 0) is 10.0 Å². The lowest BCUT2D eigenvalue weighted by molar-refractivity contribution is 0.275.